The van der Waals surface area contributed by atoms with Crippen molar-refractivity contribution in [1.29, 1.82) is 0 Å². The minimum Gasteiger partial charge on any atom is -0.343 e. The number of alkyl halides is 6. The Morgan fingerprint density at radius 1 is 0.815 bits per heavy atom. The first-order valence-corrected chi connectivity index (χ1v) is 7.39. The van der Waals surface area contributed by atoms with Crippen molar-refractivity contribution in [2.45, 2.75) is 12.4 Å². The first-order chi connectivity index (χ1) is 12.5. The SMILES string of the molecule is O=C(CNC(=O)c1ccc(C(F)(F)F)cc1)Nc1cccc(C(F)(F)F)c1. The molecule has 0 spiro atoms. The molecule has 0 aromatic heterocycles. The first kappa shape index (κ1) is 20.3. The van der Waals surface area contributed by atoms with Gasteiger partial charge in [0.15, 0.2) is 0 Å². The summed E-state index contributed by atoms with van der Waals surface area (Å²) in [5.41, 5.74) is -2.09. The molecular weight excluding hydrogens is 378 g/mol. The van der Waals surface area contributed by atoms with Crippen LogP contribution < -0.4 is 10.6 Å². The van der Waals surface area contributed by atoms with Crippen LogP contribution in [0.2, 0.25) is 0 Å². The summed E-state index contributed by atoms with van der Waals surface area (Å²) in [5.74, 6) is -1.60. The Labute approximate surface area is 149 Å². The molecule has 0 aliphatic rings. The second kappa shape index (κ2) is 7.68. The van der Waals surface area contributed by atoms with Gasteiger partial charge in [0.25, 0.3) is 5.91 Å². The summed E-state index contributed by atoms with van der Waals surface area (Å²) in [7, 11) is 0. The van der Waals surface area contributed by atoms with E-state index < -0.39 is 41.8 Å². The minimum absolute atomic E-state index is 0.102. The van der Waals surface area contributed by atoms with Crippen molar-refractivity contribution in [3.8, 4) is 0 Å². The van der Waals surface area contributed by atoms with Gasteiger partial charge in [-0.3, -0.25) is 9.59 Å². The summed E-state index contributed by atoms with van der Waals surface area (Å²) in [5, 5.41) is 4.36. The zero-order valence-electron chi connectivity index (χ0n) is 13.4. The van der Waals surface area contributed by atoms with Gasteiger partial charge in [0.1, 0.15) is 0 Å². The Kier molecular flexibility index (Phi) is 5.77. The maximum atomic E-state index is 12.6. The molecule has 0 atom stereocenters. The van der Waals surface area contributed by atoms with E-state index >= 15 is 0 Å². The molecule has 144 valence electrons. The van der Waals surface area contributed by atoms with Gasteiger partial charge in [-0.2, -0.15) is 26.3 Å². The lowest BCUT2D eigenvalue weighted by molar-refractivity contribution is -0.138. The van der Waals surface area contributed by atoms with Crippen molar-refractivity contribution >= 4 is 17.5 Å². The van der Waals surface area contributed by atoms with E-state index in [1.165, 1.54) is 6.07 Å². The zero-order valence-corrected chi connectivity index (χ0v) is 13.4. The molecule has 2 rings (SSSR count). The van der Waals surface area contributed by atoms with E-state index in [4.69, 9.17) is 0 Å². The molecule has 2 aromatic carbocycles. The van der Waals surface area contributed by atoms with Crippen LogP contribution in [0.15, 0.2) is 48.5 Å². The van der Waals surface area contributed by atoms with Gasteiger partial charge in [-0.05, 0) is 42.5 Å². The van der Waals surface area contributed by atoms with E-state index in [-0.39, 0.29) is 11.3 Å². The quantitative estimate of drug-likeness (QED) is 0.773. The zero-order chi connectivity index (χ0) is 20.2. The average molecular weight is 390 g/mol. The predicted molar refractivity (Wildman–Crippen MR) is 83.9 cm³/mol. The third-order valence-corrected chi connectivity index (χ3v) is 3.36. The molecule has 0 unspecified atom stereocenters. The number of benzene rings is 2. The van der Waals surface area contributed by atoms with Crippen molar-refractivity contribution < 1.29 is 35.9 Å². The maximum Gasteiger partial charge on any atom is 0.416 e. The summed E-state index contributed by atoms with van der Waals surface area (Å²) >= 11 is 0. The molecular formula is C17H12F6N2O2. The van der Waals surface area contributed by atoms with Gasteiger partial charge in [-0.1, -0.05) is 6.07 Å². The van der Waals surface area contributed by atoms with Crippen LogP contribution in [0.1, 0.15) is 21.5 Å². The van der Waals surface area contributed by atoms with Crippen LogP contribution in [0, 0.1) is 0 Å². The number of amides is 2. The average Bonchev–Trinajstić information content (AvgIpc) is 2.58. The molecule has 4 nitrogen and oxygen atoms in total. The monoisotopic (exact) mass is 390 g/mol. The summed E-state index contributed by atoms with van der Waals surface area (Å²) in [4.78, 5) is 23.6. The summed E-state index contributed by atoms with van der Waals surface area (Å²) in [6.07, 6.45) is -9.11. The molecule has 0 heterocycles. The fourth-order valence-electron chi connectivity index (χ4n) is 2.05. The molecule has 0 fully saturated rings. The number of carbonyl (C=O) groups is 2. The lowest BCUT2D eigenvalue weighted by Crippen LogP contribution is -2.32. The highest BCUT2D eigenvalue weighted by molar-refractivity contribution is 5.99. The van der Waals surface area contributed by atoms with Crippen LogP contribution in [-0.2, 0) is 17.1 Å². The number of rotatable bonds is 4. The Balaban J connectivity index is 1.93. The largest absolute Gasteiger partial charge is 0.416 e. The maximum absolute atomic E-state index is 12.6. The highest BCUT2D eigenvalue weighted by Gasteiger charge is 2.31. The molecule has 0 bridgehead atoms. The normalized spacial score (nSPS) is 11.8. The van der Waals surface area contributed by atoms with Crippen molar-refractivity contribution in [2.24, 2.45) is 0 Å². The van der Waals surface area contributed by atoms with Crippen LogP contribution in [0.3, 0.4) is 0 Å². The van der Waals surface area contributed by atoms with Gasteiger partial charge in [0, 0.05) is 11.3 Å². The Morgan fingerprint density at radius 2 is 1.41 bits per heavy atom. The number of anilines is 1. The Bertz CT molecular complexity index is 829. The third-order valence-electron chi connectivity index (χ3n) is 3.36. The molecule has 10 heteroatoms. The van der Waals surface area contributed by atoms with Gasteiger partial charge in [-0.25, -0.2) is 0 Å². The lowest BCUT2D eigenvalue weighted by atomic mass is 10.1. The standard InChI is InChI=1S/C17H12F6N2O2/c18-16(19,20)11-6-4-10(5-7-11)15(27)24-9-14(26)25-13-3-1-2-12(8-13)17(21,22)23/h1-8H,9H2,(H,24,27)(H,25,26). The number of hydrogen-bond donors (Lipinski definition) is 2. The van der Waals surface area contributed by atoms with Crippen LogP contribution in [-0.4, -0.2) is 18.4 Å². The number of nitrogens with one attached hydrogen (secondary N) is 2. The van der Waals surface area contributed by atoms with E-state index in [2.05, 4.69) is 10.6 Å². The van der Waals surface area contributed by atoms with E-state index in [9.17, 15) is 35.9 Å². The molecule has 0 aliphatic carbocycles. The molecule has 0 aliphatic heterocycles. The molecule has 2 aromatic rings. The third kappa shape index (κ3) is 5.73. The fourth-order valence-corrected chi connectivity index (χ4v) is 2.05. The summed E-state index contributed by atoms with van der Waals surface area (Å²) < 4.78 is 75.2. The summed E-state index contributed by atoms with van der Waals surface area (Å²) in [6.45, 7) is -0.573. The highest BCUT2D eigenvalue weighted by atomic mass is 19.4. The highest BCUT2D eigenvalue weighted by Crippen LogP contribution is 2.31. The van der Waals surface area contributed by atoms with Gasteiger partial charge < -0.3 is 10.6 Å². The van der Waals surface area contributed by atoms with Crippen molar-refractivity contribution in [3.63, 3.8) is 0 Å². The number of halogens is 6. The Morgan fingerprint density at radius 3 is 1.96 bits per heavy atom. The minimum atomic E-state index is -4.57. The van der Waals surface area contributed by atoms with Crippen LogP contribution in [0.4, 0.5) is 32.0 Å². The number of hydrogen-bond acceptors (Lipinski definition) is 2. The molecule has 0 radical (unpaired) electrons. The van der Waals surface area contributed by atoms with E-state index in [0.717, 1.165) is 42.5 Å². The molecule has 2 N–H and O–H groups in total. The van der Waals surface area contributed by atoms with Gasteiger partial charge in [0.05, 0.1) is 17.7 Å². The molecule has 0 saturated heterocycles. The molecule has 2 amide bonds. The second-order valence-electron chi connectivity index (χ2n) is 5.38. The van der Waals surface area contributed by atoms with Crippen molar-refractivity contribution in [2.75, 3.05) is 11.9 Å². The molecule has 0 saturated carbocycles. The van der Waals surface area contributed by atoms with E-state index in [0.29, 0.717) is 0 Å². The van der Waals surface area contributed by atoms with Crippen molar-refractivity contribution in [3.05, 3.63) is 65.2 Å². The predicted octanol–water partition coefficient (Wildman–Crippen LogP) is 4.09. The Hall–Kier alpha value is -3.04. The van der Waals surface area contributed by atoms with Crippen LogP contribution in [0.5, 0.6) is 0 Å². The van der Waals surface area contributed by atoms with E-state index in [1.807, 2.05) is 0 Å². The van der Waals surface area contributed by atoms with Crippen LogP contribution >= 0.6 is 0 Å². The fraction of sp³-hybridized carbons (Fsp3) is 0.176. The lowest BCUT2D eigenvalue weighted by Gasteiger charge is -2.11. The van der Waals surface area contributed by atoms with Gasteiger partial charge in [-0.15, -0.1) is 0 Å². The van der Waals surface area contributed by atoms with Crippen LogP contribution in [0.25, 0.3) is 0 Å². The van der Waals surface area contributed by atoms with E-state index in [1.54, 1.807) is 0 Å². The topological polar surface area (TPSA) is 58.2 Å². The smallest absolute Gasteiger partial charge is 0.343 e. The summed E-state index contributed by atoms with van der Waals surface area (Å²) in [6, 6.07) is 7.25. The second-order valence-corrected chi connectivity index (χ2v) is 5.38. The molecule has 27 heavy (non-hydrogen) atoms. The number of carbonyl (C=O) groups excluding carboxylic acids is 2. The first-order valence-electron chi connectivity index (χ1n) is 7.39. The van der Waals surface area contributed by atoms with Crippen molar-refractivity contribution in [1.82, 2.24) is 5.32 Å². The van der Waals surface area contributed by atoms with Gasteiger partial charge >= 0.3 is 12.4 Å². The van der Waals surface area contributed by atoms with Gasteiger partial charge in [0.2, 0.25) is 5.91 Å².